The summed E-state index contributed by atoms with van der Waals surface area (Å²) in [6.45, 7) is 2.36. The molecule has 1 N–H and O–H groups in total. The summed E-state index contributed by atoms with van der Waals surface area (Å²) in [6.07, 6.45) is 1.71. The van der Waals surface area contributed by atoms with Crippen LogP contribution in [0.2, 0.25) is 0 Å². The first-order valence-corrected chi connectivity index (χ1v) is 5.91. The zero-order valence-corrected chi connectivity index (χ0v) is 10.7. The summed E-state index contributed by atoms with van der Waals surface area (Å²) in [5.41, 5.74) is 3.80. The fraction of sp³-hybridized carbons (Fsp3) is 0.429. The van der Waals surface area contributed by atoms with E-state index >= 15 is 0 Å². The number of aryl methyl sites for hydroxylation is 2. The number of aromatic nitrogens is 1. The lowest BCUT2D eigenvalue weighted by atomic mass is 10.1. The molecule has 0 aliphatic carbocycles. The van der Waals surface area contributed by atoms with E-state index in [9.17, 15) is 0 Å². The molecule has 17 heavy (non-hydrogen) atoms. The quantitative estimate of drug-likeness (QED) is 0.880. The number of hydrogen-bond donors (Lipinski definition) is 1. The van der Waals surface area contributed by atoms with Crippen molar-refractivity contribution in [1.29, 1.82) is 0 Å². The molecule has 3 nitrogen and oxygen atoms in total. The number of fused-ring (bicyclic) bond motifs is 1. The first-order valence-electron chi connectivity index (χ1n) is 5.91. The molecule has 3 heteroatoms. The Bertz CT molecular complexity index is 528. The molecule has 92 valence electrons. The molecule has 2 rings (SSSR count). The maximum absolute atomic E-state index is 8.97. The second-order valence-corrected chi connectivity index (χ2v) is 4.33. The van der Waals surface area contributed by atoms with E-state index in [1.54, 1.807) is 7.11 Å². The van der Waals surface area contributed by atoms with Gasteiger partial charge in [0, 0.05) is 30.3 Å². The van der Waals surface area contributed by atoms with Crippen molar-refractivity contribution in [1.82, 2.24) is 4.57 Å². The van der Waals surface area contributed by atoms with Gasteiger partial charge in [0.15, 0.2) is 0 Å². The summed E-state index contributed by atoms with van der Waals surface area (Å²) >= 11 is 0. The third-order valence-electron chi connectivity index (χ3n) is 3.41. The molecule has 1 heterocycles. The number of aliphatic hydroxyl groups is 1. The average Bonchev–Trinajstić information content (AvgIpc) is 2.59. The van der Waals surface area contributed by atoms with Crippen LogP contribution in [0, 0.1) is 6.92 Å². The molecule has 0 radical (unpaired) electrons. The molecule has 0 spiro atoms. The van der Waals surface area contributed by atoms with Gasteiger partial charge in [-0.1, -0.05) is 0 Å². The van der Waals surface area contributed by atoms with Gasteiger partial charge in [0.25, 0.3) is 0 Å². The third kappa shape index (κ3) is 2.03. The highest BCUT2D eigenvalue weighted by Gasteiger charge is 2.12. The van der Waals surface area contributed by atoms with Gasteiger partial charge in [0.1, 0.15) is 5.75 Å². The Kier molecular flexibility index (Phi) is 3.38. The number of hydrogen-bond acceptors (Lipinski definition) is 2. The molecule has 1 aromatic carbocycles. The van der Waals surface area contributed by atoms with Crippen LogP contribution in [-0.4, -0.2) is 23.4 Å². The maximum atomic E-state index is 8.97. The molecule has 0 amide bonds. The number of methoxy groups -OCH3 is 1. The molecule has 0 fully saturated rings. The standard InChI is InChI=1S/C14H19NO2/c1-10-12(5-4-8-16)13-9-11(17-3)6-7-14(13)15(10)2/h6-7,9,16H,4-5,8H2,1-3H3. The van der Waals surface area contributed by atoms with Gasteiger partial charge in [-0.2, -0.15) is 0 Å². The van der Waals surface area contributed by atoms with Gasteiger partial charge < -0.3 is 14.4 Å². The van der Waals surface area contributed by atoms with E-state index < -0.39 is 0 Å². The molecule has 1 aromatic heterocycles. The second-order valence-electron chi connectivity index (χ2n) is 4.33. The predicted molar refractivity (Wildman–Crippen MR) is 69.6 cm³/mol. The zero-order chi connectivity index (χ0) is 12.4. The number of benzene rings is 1. The van der Waals surface area contributed by atoms with E-state index in [1.165, 1.54) is 22.2 Å². The Morgan fingerprint density at radius 2 is 2.12 bits per heavy atom. The first-order chi connectivity index (χ1) is 8.19. The Morgan fingerprint density at radius 1 is 1.35 bits per heavy atom. The van der Waals surface area contributed by atoms with Gasteiger partial charge in [-0.05, 0) is 43.5 Å². The molecule has 0 aliphatic heterocycles. The van der Waals surface area contributed by atoms with E-state index in [0.29, 0.717) is 0 Å². The molecule has 0 atom stereocenters. The monoisotopic (exact) mass is 233 g/mol. The highest BCUT2D eigenvalue weighted by Crippen LogP contribution is 2.29. The summed E-state index contributed by atoms with van der Waals surface area (Å²) in [7, 11) is 3.76. The highest BCUT2D eigenvalue weighted by molar-refractivity contribution is 5.86. The number of aliphatic hydroxyl groups excluding tert-OH is 1. The Morgan fingerprint density at radius 3 is 2.76 bits per heavy atom. The van der Waals surface area contributed by atoms with Crippen molar-refractivity contribution in [3.8, 4) is 5.75 Å². The smallest absolute Gasteiger partial charge is 0.119 e. The number of nitrogens with zero attached hydrogens (tertiary/aromatic N) is 1. The van der Waals surface area contributed by atoms with E-state index in [1.807, 2.05) is 6.07 Å². The van der Waals surface area contributed by atoms with Crippen LogP contribution in [0.3, 0.4) is 0 Å². The van der Waals surface area contributed by atoms with Gasteiger partial charge >= 0.3 is 0 Å². The zero-order valence-electron chi connectivity index (χ0n) is 10.7. The van der Waals surface area contributed by atoms with Crippen molar-refractivity contribution < 1.29 is 9.84 Å². The minimum Gasteiger partial charge on any atom is -0.497 e. The first kappa shape index (κ1) is 12.0. The number of rotatable bonds is 4. The third-order valence-corrected chi connectivity index (χ3v) is 3.41. The van der Waals surface area contributed by atoms with Gasteiger partial charge in [-0.25, -0.2) is 0 Å². The Labute approximate surface area is 102 Å². The summed E-state index contributed by atoms with van der Waals surface area (Å²) in [5, 5.41) is 10.2. The lowest BCUT2D eigenvalue weighted by Crippen LogP contribution is -1.94. The molecule has 0 unspecified atom stereocenters. The van der Waals surface area contributed by atoms with Gasteiger partial charge in [0.05, 0.1) is 7.11 Å². The van der Waals surface area contributed by atoms with Gasteiger partial charge in [-0.3, -0.25) is 0 Å². The Hall–Kier alpha value is -1.48. The summed E-state index contributed by atoms with van der Waals surface area (Å²) in [5.74, 6) is 0.883. The lowest BCUT2D eigenvalue weighted by molar-refractivity contribution is 0.288. The molecule has 0 saturated carbocycles. The topological polar surface area (TPSA) is 34.4 Å². The van der Waals surface area contributed by atoms with Crippen molar-refractivity contribution >= 4 is 10.9 Å². The summed E-state index contributed by atoms with van der Waals surface area (Å²) in [6, 6.07) is 6.15. The van der Waals surface area contributed by atoms with E-state index in [0.717, 1.165) is 18.6 Å². The molecular formula is C14H19NO2. The molecular weight excluding hydrogens is 214 g/mol. The van der Waals surface area contributed by atoms with Crippen LogP contribution in [0.4, 0.5) is 0 Å². The molecule has 0 aliphatic rings. The molecule has 0 saturated heterocycles. The van der Waals surface area contributed by atoms with E-state index in [4.69, 9.17) is 9.84 Å². The SMILES string of the molecule is COc1ccc2c(c1)c(CCCO)c(C)n2C. The normalized spacial score (nSPS) is 11.1. The van der Waals surface area contributed by atoms with Crippen LogP contribution in [0.1, 0.15) is 17.7 Å². The Balaban J connectivity index is 2.58. The van der Waals surface area contributed by atoms with Crippen molar-refractivity contribution in [2.45, 2.75) is 19.8 Å². The van der Waals surface area contributed by atoms with Crippen LogP contribution in [-0.2, 0) is 13.5 Å². The number of ether oxygens (including phenoxy) is 1. The molecule has 2 aromatic rings. The van der Waals surface area contributed by atoms with Gasteiger partial charge in [-0.15, -0.1) is 0 Å². The van der Waals surface area contributed by atoms with Crippen molar-refractivity contribution in [2.24, 2.45) is 7.05 Å². The highest BCUT2D eigenvalue weighted by atomic mass is 16.5. The minimum absolute atomic E-state index is 0.236. The van der Waals surface area contributed by atoms with Crippen molar-refractivity contribution in [2.75, 3.05) is 13.7 Å². The maximum Gasteiger partial charge on any atom is 0.119 e. The largest absolute Gasteiger partial charge is 0.497 e. The van der Waals surface area contributed by atoms with Crippen LogP contribution < -0.4 is 4.74 Å². The summed E-state index contributed by atoms with van der Waals surface area (Å²) in [4.78, 5) is 0. The van der Waals surface area contributed by atoms with Crippen molar-refractivity contribution in [3.63, 3.8) is 0 Å². The van der Waals surface area contributed by atoms with E-state index in [2.05, 4.69) is 30.7 Å². The fourth-order valence-electron chi connectivity index (χ4n) is 2.33. The fourth-order valence-corrected chi connectivity index (χ4v) is 2.33. The lowest BCUT2D eigenvalue weighted by Gasteiger charge is -2.02. The van der Waals surface area contributed by atoms with Crippen LogP contribution in [0.15, 0.2) is 18.2 Å². The van der Waals surface area contributed by atoms with Crippen LogP contribution in [0.5, 0.6) is 5.75 Å². The minimum atomic E-state index is 0.236. The molecule has 0 bridgehead atoms. The summed E-state index contributed by atoms with van der Waals surface area (Å²) < 4.78 is 7.47. The average molecular weight is 233 g/mol. The van der Waals surface area contributed by atoms with Crippen LogP contribution >= 0.6 is 0 Å². The van der Waals surface area contributed by atoms with Gasteiger partial charge in [0.2, 0.25) is 0 Å². The van der Waals surface area contributed by atoms with Crippen LogP contribution in [0.25, 0.3) is 10.9 Å². The predicted octanol–water partition coefficient (Wildman–Crippen LogP) is 2.42. The van der Waals surface area contributed by atoms with Crippen molar-refractivity contribution in [3.05, 3.63) is 29.5 Å². The van der Waals surface area contributed by atoms with E-state index in [-0.39, 0.29) is 6.61 Å². The second kappa shape index (κ2) is 4.80.